The average molecular weight is 384 g/mol. The molecule has 0 radical (unpaired) electrons. The Morgan fingerprint density at radius 2 is 1.67 bits per heavy atom. The Morgan fingerprint density at radius 1 is 1.04 bits per heavy atom. The van der Waals surface area contributed by atoms with E-state index in [-0.39, 0.29) is 6.54 Å². The molecule has 0 aromatic heterocycles. The average Bonchev–Trinajstić information content (AvgIpc) is 2.62. The third kappa shape index (κ3) is 8.69. The number of rotatable bonds is 6. The van der Waals surface area contributed by atoms with Gasteiger partial charge in [-0.25, -0.2) is 4.79 Å². The lowest BCUT2D eigenvalue weighted by atomic mass is 10.2. The number of urea groups is 1. The molecule has 0 atom stereocenters. The third-order valence-corrected chi connectivity index (χ3v) is 4.01. The lowest BCUT2D eigenvalue weighted by molar-refractivity contribution is -0.125. The molecule has 9 heteroatoms. The van der Waals surface area contributed by atoms with Crippen molar-refractivity contribution in [2.75, 3.05) is 45.8 Å². The van der Waals surface area contributed by atoms with Gasteiger partial charge in [-0.1, -0.05) is 42.5 Å². The fourth-order valence-electron chi connectivity index (χ4n) is 2.63. The van der Waals surface area contributed by atoms with Crippen LogP contribution in [0.15, 0.2) is 36.4 Å². The molecule has 1 aromatic carbocycles. The molecular weight excluding hydrogens is 361 g/mol. The Morgan fingerprint density at radius 3 is 2.30 bits per heavy atom. The topological polar surface area (TPSA) is 64.7 Å². The van der Waals surface area contributed by atoms with Crippen LogP contribution in [-0.4, -0.2) is 73.7 Å². The van der Waals surface area contributed by atoms with Crippen LogP contribution >= 0.6 is 0 Å². The van der Waals surface area contributed by atoms with Crippen LogP contribution < -0.4 is 10.6 Å². The van der Waals surface area contributed by atoms with E-state index in [1.807, 2.05) is 40.5 Å². The highest BCUT2D eigenvalue weighted by molar-refractivity contribution is 5.95. The van der Waals surface area contributed by atoms with Gasteiger partial charge < -0.3 is 5.32 Å². The summed E-state index contributed by atoms with van der Waals surface area (Å²) >= 11 is 0. The molecule has 0 unspecified atom stereocenters. The molecule has 0 spiro atoms. The minimum atomic E-state index is -4.51. The van der Waals surface area contributed by atoms with Gasteiger partial charge >= 0.3 is 12.2 Å². The van der Waals surface area contributed by atoms with Gasteiger partial charge in [-0.3, -0.25) is 19.9 Å². The van der Waals surface area contributed by atoms with Crippen molar-refractivity contribution in [2.45, 2.75) is 6.18 Å². The third-order valence-electron chi connectivity index (χ3n) is 4.01. The number of nitrogens with one attached hydrogen (secondary N) is 2. The summed E-state index contributed by atoms with van der Waals surface area (Å²) in [6.07, 6.45) is -0.367. The van der Waals surface area contributed by atoms with Crippen LogP contribution in [0.4, 0.5) is 18.0 Å². The Bertz CT molecular complexity index is 642. The van der Waals surface area contributed by atoms with E-state index < -0.39 is 24.7 Å². The molecule has 2 rings (SSSR count). The van der Waals surface area contributed by atoms with E-state index >= 15 is 0 Å². The van der Waals surface area contributed by atoms with Crippen molar-refractivity contribution >= 4 is 18.0 Å². The Labute approximate surface area is 156 Å². The standard InChI is InChI=1S/C18H23F3N4O2/c19-18(20,21)14-22-17(27)23-16(26)13-25-11-9-24(10-12-25)8-4-7-15-5-2-1-3-6-15/h1-7H,8-14H2,(H2,22,23,26,27)/b7-4+. The summed E-state index contributed by atoms with van der Waals surface area (Å²) in [6.45, 7) is 2.15. The number of halogens is 3. The van der Waals surface area contributed by atoms with Crippen LogP contribution in [-0.2, 0) is 4.79 Å². The van der Waals surface area contributed by atoms with Gasteiger partial charge in [-0.05, 0) is 5.56 Å². The zero-order valence-electron chi connectivity index (χ0n) is 14.8. The van der Waals surface area contributed by atoms with Crippen LogP contribution in [0.2, 0.25) is 0 Å². The molecule has 2 N–H and O–H groups in total. The normalized spacial score (nSPS) is 16.4. The number of carbonyl (C=O) groups excluding carboxylic acids is 2. The van der Waals surface area contributed by atoms with Crippen molar-refractivity contribution in [1.82, 2.24) is 20.4 Å². The SMILES string of the molecule is O=C(CN1CCN(C/C=C/c2ccccc2)CC1)NC(=O)NCC(F)(F)F. The van der Waals surface area contributed by atoms with E-state index in [2.05, 4.69) is 17.1 Å². The second-order valence-corrected chi connectivity index (χ2v) is 6.24. The first kappa shape index (κ1) is 20.9. The number of hydrogen-bond donors (Lipinski definition) is 2. The minimum Gasteiger partial charge on any atom is -0.329 e. The lowest BCUT2D eigenvalue weighted by Gasteiger charge is -2.33. The monoisotopic (exact) mass is 384 g/mol. The van der Waals surface area contributed by atoms with Crippen molar-refractivity contribution in [3.63, 3.8) is 0 Å². The Kier molecular flexibility index (Phi) is 7.81. The molecule has 148 valence electrons. The summed E-state index contributed by atoms with van der Waals surface area (Å²) in [7, 11) is 0. The highest BCUT2D eigenvalue weighted by Crippen LogP contribution is 2.11. The lowest BCUT2D eigenvalue weighted by Crippen LogP contribution is -2.51. The van der Waals surface area contributed by atoms with Gasteiger partial charge in [0.05, 0.1) is 6.54 Å². The Balaban J connectivity index is 1.63. The van der Waals surface area contributed by atoms with Crippen molar-refractivity contribution in [3.8, 4) is 0 Å². The van der Waals surface area contributed by atoms with E-state index in [4.69, 9.17) is 0 Å². The van der Waals surface area contributed by atoms with Crippen molar-refractivity contribution in [3.05, 3.63) is 42.0 Å². The van der Waals surface area contributed by atoms with Gasteiger partial charge in [0.25, 0.3) is 0 Å². The number of benzene rings is 1. The molecule has 3 amide bonds. The smallest absolute Gasteiger partial charge is 0.329 e. The maximum absolute atomic E-state index is 12.0. The number of nitrogens with zero attached hydrogens (tertiary/aromatic N) is 2. The van der Waals surface area contributed by atoms with Gasteiger partial charge in [-0.2, -0.15) is 13.2 Å². The van der Waals surface area contributed by atoms with Gasteiger partial charge in [0.2, 0.25) is 5.91 Å². The minimum absolute atomic E-state index is 0.0207. The van der Waals surface area contributed by atoms with Crippen molar-refractivity contribution in [1.29, 1.82) is 0 Å². The number of imide groups is 1. The van der Waals surface area contributed by atoms with Crippen molar-refractivity contribution < 1.29 is 22.8 Å². The molecule has 1 saturated heterocycles. The highest BCUT2D eigenvalue weighted by Gasteiger charge is 2.28. The number of hydrogen-bond acceptors (Lipinski definition) is 4. The summed E-state index contributed by atoms with van der Waals surface area (Å²) in [5, 5.41) is 3.51. The molecule has 1 heterocycles. The first-order valence-electron chi connectivity index (χ1n) is 8.62. The zero-order valence-corrected chi connectivity index (χ0v) is 14.8. The molecule has 0 bridgehead atoms. The van der Waals surface area contributed by atoms with Gasteiger partial charge in [0, 0.05) is 32.7 Å². The largest absolute Gasteiger partial charge is 0.405 e. The second-order valence-electron chi connectivity index (χ2n) is 6.24. The molecule has 0 aliphatic carbocycles. The molecular formula is C18H23F3N4O2. The van der Waals surface area contributed by atoms with E-state index in [1.165, 1.54) is 0 Å². The van der Waals surface area contributed by atoms with Crippen LogP contribution in [0.1, 0.15) is 5.56 Å². The second kappa shape index (κ2) is 10.1. The van der Waals surface area contributed by atoms with E-state index in [9.17, 15) is 22.8 Å². The predicted molar refractivity (Wildman–Crippen MR) is 96.0 cm³/mol. The van der Waals surface area contributed by atoms with Gasteiger partial charge in [0.15, 0.2) is 0 Å². The number of carbonyl (C=O) groups is 2. The summed E-state index contributed by atoms with van der Waals surface area (Å²) in [5.41, 5.74) is 1.14. The van der Waals surface area contributed by atoms with Gasteiger partial charge in [-0.15, -0.1) is 0 Å². The van der Waals surface area contributed by atoms with Crippen molar-refractivity contribution in [2.24, 2.45) is 0 Å². The summed E-state index contributed by atoms with van der Waals surface area (Å²) < 4.78 is 36.0. The molecule has 0 saturated carbocycles. The summed E-state index contributed by atoms with van der Waals surface area (Å²) in [4.78, 5) is 27.1. The van der Waals surface area contributed by atoms with Crippen LogP contribution in [0, 0.1) is 0 Å². The molecule has 1 aromatic rings. The van der Waals surface area contributed by atoms with E-state index in [0.717, 1.165) is 25.2 Å². The molecule has 6 nitrogen and oxygen atoms in total. The van der Waals surface area contributed by atoms with Crippen LogP contribution in [0.3, 0.4) is 0 Å². The van der Waals surface area contributed by atoms with E-state index in [1.54, 1.807) is 5.32 Å². The molecule has 1 fully saturated rings. The first-order chi connectivity index (χ1) is 12.8. The highest BCUT2D eigenvalue weighted by atomic mass is 19.4. The van der Waals surface area contributed by atoms with Crippen LogP contribution in [0.5, 0.6) is 0 Å². The number of alkyl halides is 3. The maximum Gasteiger partial charge on any atom is 0.405 e. The predicted octanol–water partition coefficient (Wildman–Crippen LogP) is 1.71. The molecule has 1 aliphatic rings. The fraction of sp³-hybridized carbons (Fsp3) is 0.444. The molecule has 27 heavy (non-hydrogen) atoms. The summed E-state index contributed by atoms with van der Waals surface area (Å²) in [6, 6.07) is 8.84. The number of piperazine rings is 1. The number of amides is 3. The van der Waals surface area contributed by atoms with Crippen LogP contribution in [0.25, 0.3) is 6.08 Å². The fourth-order valence-corrected chi connectivity index (χ4v) is 2.63. The molecule has 1 aliphatic heterocycles. The summed E-state index contributed by atoms with van der Waals surface area (Å²) in [5.74, 6) is -0.618. The quantitative estimate of drug-likeness (QED) is 0.784. The zero-order chi connectivity index (χ0) is 19.7. The van der Waals surface area contributed by atoms with E-state index in [0.29, 0.717) is 13.1 Å². The van der Waals surface area contributed by atoms with Gasteiger partial charge in [0.1, 0.15) is 6.54 Å². The first-order valence-corrected chi connectivity index (χ1v) is 8.62. The Hall–Kier alpha value is -2.39. The maximum atomic E-state index is 12.0.